The summed E-state index contributed by atoms with van der Waals surface area (Å²) in [4.78, 5) is 37.5. The van der Waals surface area contributed by atoms with Gasteiger partial charge in [-0.15, -0.1) is 0 Å². The molecule has 0 spiro atoms. The molecule has 0 fully saturated rings. The van der Waals surface area contributed by atoms with Gasteiger partial charge < -0.3 is 15.0 Å². The zero-order valence-electron chi connectivity index (χ0n) is 18.0. The number of aromatic amines is 1. The second kappa shape index (κ2) is 9.43. The van der Waals surface area contributed by atoms with Gasteiger partial charge in [-0.05, 0) is 55.3 Å². The lowest BCUT2D eigenvalue weighted by Gasteiger charge is -2.17. The number of pyridine rings is 2. The molecule has 32 heavy (non-hydrogen) atoms. The highest BCUT2D eigenvalue weighted by Gasteiger charge is 2.24. The van der Waals surface area contributed by atoms with Crippen LogP contribution < -0.4 is 5.32 Å². The van der Waals surface area contributed by atoms with Crippen LogP contribution >= 0.6 is 0 Å². The smallest absolute Gasteiger partial charge is 0.328 e. The molecule has 0 saturated carbocycles. The molecule has 4 aromatic rings. The summed E-state index contributed by atoms with van der Waals surface area (Å²) in [6.07, 6.45) is 5.44. The van der Waals surface area contributed by atoms with Gasteiger partial charge in [0.2, 0.25) is 0 Å². The van der Waals surface area contributed by atoms with E-state index in [1.165, 1.54) is 0 Å². The van der Waals surface area contributed by atoms with Crippen LogP contribution in [0.25, 0.3) is 22.3 Å². The van der Waals surface area contributed by atoms with Crippen molar-refractivity contribution in [3.05, 3.63) is 83.8 Å². The third-order valence-corrected chi connectivity index (χ3v) is 5.18. The van der Waals surface area contributed by atoms with Crippen molar-refractivity contribution in [2.24, 2.45) is 0 Å². The number of fused-ring (bicyclic) bond motifs is 1. The number of H-pyrrole nitrogens is 1. The number of aromatic nitrogens is 3. The molecular weight excluding hydrogens is 404 g/mol. The molecule has 4 rings (SSSR count). The fourth-order valence-electron chi connectivity index (χ4n) is 3.59. The number of nitrogens with one attached hydrogen (secondary N) is 2. The first kappa shape index (κ1) is 21.2. The molecule has 3 heterocycles. The van der Waals surface area contributed by atoms with Crippen molar-refractivity contribution in [3.8, 4) is 11.4 Å². The number of para-hydroxylation sites is 1. The van der Waals surface area contributed by atoms with Gasteiger partial charge in [-0.25, -0.2) is 4.79 Å². The Bertz CT molecular complexity index is 1260. The van der Waals surface area contributed by atoms with Crippen LogP contribution in [0.3, 0.4) is 0 Å². The molecule has 0 aliphatic rings. The highest BCUT2D eigenvalue weighted by atomic mass is 16.5. The topological polar surface area (TPSA) is 97.0 Å². The van der Waals surface area contributed by atoms with Gasteiger partial charge in [0.15, 0.2) is 0 Å². The predicted molar refractivity (Wildman–Crippen MR) is 122 cm³/mol. The average molecular weight is 428 g/mol. The number of hydrogen-bond acceptors (Lipinski definition) is 5. The summed E-state index contributed by atoms with van der Waals surface area (Å²) >= 11 is 0. The molecule has 0 unspecified atom stereocenters. The van der Waals surface area contributed by atoms with Crippen molar-refractivity contribution in [3.63, 3.8) is 0 Å². The molecule has 1 aromatic carbocycles. The summed E-state index contributed by atoms with van der Waals surface area (Å²) in [7, 11) is 0. The summed E-state index contributed by atoms with van der Waals surface area (Å²) < 4.78 is 5.22. The minimum Gasteiger partial charge on any atom is -0.464 e. The van der Waals surface area contributed by atoms with Crippen molar-refractivity contribution < 1.29 is 14.3 Å². The second-order valence-electron chi connectivity index (χ2n) is 7.49. The van der Waals surface area contributed by atoms with Crippen molar-refractivity contribution >= 4 is 22.8 Å². The van der Waals surface area contributed by atoms with Gasteiger partial charge in [-0.3, -0.25) is 14.8 Å². The number of nitrogens with zero attached hydrogens (tertiary/aromatic N) is 2. The first-order chi connectivity index (χ1) is 15.5. The van der Waals surface area contributed by atoms with Gasteiger partial charge >= 0.3 is 5.97 Å². The lowest BCUT2D eigenvalue weighted by molar-refractivity contribution is -0.145. The minimum absolute atomic E-state index is 0.234. The molecule has 0 aliphatic carbocycles. The van der Waals surface area contributed by atoms with Crippen molar-refractivity contribution in [2.75, 3.05) is 6.61 Å². The quantitative estimate of drug-likeness (QED) is 0.436. The maximum absolute atomic E-state index is 13.0. The molecule has 7 heteroatoms. The standard InChI is InChI=1S/C25H24N4O3/c1-3-32-25(31)23(14-18-15-28-20-7-5-4-6-19(18)20)29-24(30)17-9-11-27-22(13-17)21-12-16(2)8-10-26-21/h4-13,15,23,28H,3,14H2,1-2H3,(H,29,30)/t23-/m0/s1. The molecule has 7 nitrogen and oxygen atoms in total. The monoisotopic (exact) mass is 428 g/mol. The third-order valence-electron chi connectivity index (χ3n) is 5.18. The Kier molecular flexibility index (Phi) is 6.26. The van der Waals surface area contributed by atoms with E-state index in [1.807, 2.05) is 49.5 Å². The van der Waals surface area contributed by atoms with Gasteiger partial charge in [0.1, 0.15) is 6.04 Å². The first-order valence-electron chi connectivity index (χ1n) is 10.5. The Morgan fingerprint density at radius 1 is 1.06 bits per heavy atom. The second-order valence-corrected chi connectivity index (χ2v) is 7.49. The van der Waals surface area contributed by atoms with Crippen LogP contribution in [0.2, 0.25) is 0 Å². The van der Waals surface area contributed by atoms with E-state index in [9.17, 15) is 9.59 Å². The molecule has 1 amide bonds. The number of amides is 1. The Morgan fingerprint density at radius 2 is 1.81 bits per heavy atom. The molecular formula is C25H24N4O3. The molecule has 0 saturated heterocycles. The number of carbonyl (C=O) groups is 2. The van der Waals surface area contributed by atoms with Crippen LogP contribution in [0.1, 0.15) is 28.4 Å². The summed E-state index contributed by atoms with van der Waals surface area (Å²) in [5, 5.41) is 3.84. The average Bonchev–Trinajstić information content (AvgIpc) is 3.22. The number of aryl methyl sites for hydroxylation is 1. The molecule has 0 bridgehead atoms. The minimum atomic E-state index is -0.824. The molecule has 0 aliphatic heterocycles. The number of carbonyl (C=O) groups excluding carboxylic acids is 2. The fourth-order valence-corrected chi connectivity index (χ4v) is 3.59. The zero-order chi connectivity index (χ0) is 22.5. The summed E-state index contributed by atoms with van der Waals surface area (Å²) in [5.41, 5.74) is 4.62. The van der Waals surface area contributed by atoms with Crippen LogP contribution in [0.15, 0.2) is 67.1 Å². The Hall–Kier alpha value is -4.00. The van der Waals surface area contributed by atoms with Crippen molar-refractivity contribution in [2.45, 2.75) is 26.3 Å². The number of ether oxygens (including phenoxy) is 1. The van der Waals surface area contributed by atoms with E-state index >= 15 is 0 Å². The number of esters is 1. The lowest BCUT2D eigenvalue weighted by atomic mass is 10.0. The maximum atomic E-state index is 13.0. The molecule has 162 valence electrons. The van der Waals surface area contributed by atoms with E-state index in [-0.39, 0.29) is 12.5 Å². The lowest BCUT2D eigenvalue weighted by Crippen LogP contribution is -2.43. The fraction of sp³-hybridized carbons (Fsp3) is 0.200. The van der Waals surface area contributed by atoms with E-state index in [0.717, 1.165) is 22.0 Å². The normalized spacial score (nSPS) is 11.8. The van der Waals surface area contributed by atoms with Crippen LogP contribution in [0, 0.1) is 6.92 Å². The van der Waals surface area contributed by atoms with E-state index in [1.54, 1.807) is 31.5 Å². The van der Waals surface area contributed by atoms with Crippen LogP contribution in [-0.4, -0.2) is 39.5 Å². The van der Waals surface area contributed by atoms with E-state index in [4.69, 9.17) is 4.74 Å². The summed E-state index contributed by atoms with van der Waals surface area (Å²) in [6, 6.07) is 14.1. The van der Waals surface area contributed by atoms with Crippen LogP contribution in [-0.2, 0) is 16.0 Å². The molecule has 0 radical (unpaired) electrons. The Balaban J connectivity index is 1.57. The molecule has 1 atom stereocenters. The predicted octanol–water partition coefficient (Wildman–Crippen LogP) is 3.84. The number of hydrogen-bond donors (Lipinski definition) is 2. The van der Waals surface area contributed by atoms with Crippen LogP contribution in [0.5, 0.6) is 0 Å². The van der Waals surface area contributed by atoms with E-state index in [0.29, 0.717) is 23.4 Å². The van der Waals surface area contributed by atoms with Gasteiger partial charge in [-0.1, -0.05) is 18.2 Å². The largest absolute Gasteiger partial charge is 0.464 e. The Labute approximate surface area is 185 Å². The highest BCUT2D eigenvalue weighted by molar-refractivity contribution is 5.97. The molecule has 3 aromatic heterocycles. The van der Waals surface area contributed by atoms with Crippen LogP contribution in [0.4, 0.5) is 0 Å². The summed E-state index contributed by atoms with van der Waals surface area (Å²) in [6.45, 7) is 3.94. The summed E-state index contributed by atoms with van der Waals surface area (Å²) in [5.74, 6) is -0.847. The maximum Gasteiger partial charge on any atom is 0.328 e. The highest BCUT2D eigenvalue weighted by Crippen LogP contribution is 2.20. The molecule has 2 N–H and O–H groups in total. The Morgan fingerprint density at radius 3 is 2.59 bits per heavy atom. The van der Waals surface area contributed by atoms with Gasteiger partial charge in [0.25, 0.3) is 5.91 Å². The van der Waals surface area contributed by atoms with E-state index < -0.39 is 12.0 Å². The first-order valence-corrected chi connectivity index (χ1v) is 10.5. The third kappa shape index (κ3) is 4.67. The zero-order valence-corrected chi connectivity index (χ0v) is 18.0. The van der Waals surface area contributed by atoms with Gasteiger partial charge in [0.05, 0.1) is 18.0 Å². The number of rotatable bonds is 7. The number of benzene rings is 1. The van der Waals surface area contributed by atoms with E-state index in [2.05, 4.69) is 20.3 Å². The van der Waals surface area contributed by atoms with Crippen molar-refractivity contribution in [1.82, 2.24) is 20.3 Å². The van der Waals surface area contributed by atoms with Gasteiger partial charge in [0, 0.05) is 41.5 Å². The van der Waals surface area contributed by atoms with Gasteiger partial charge in [-0.2, -0.15) is 0 Å². The van der Waals surface area contributed by atoms with Crippen molar-refractivity contribution in [1.29, 1.82) is 0 Å². The SMILES string of the molecule is CCOC(=O)[C@H](Cc1c[nH]c2ccccc12)NC(=O)c1ccnc(-c2cc(C)ccn2)c1.